The number of para-hydroxylation sites is 1. The van der Waals surface area contributed by atoms with Gasteiger partial charge in [-0.05, 0) is 18.6 Å². The molecule has 8 nitrogen and oxygen atoms in total. The monoisotopic (exact) mass is 342 g/mol. The molecule has 0 unspecified atom stereocenters. The molecule has 8 heteroatoms. The molecule has 0 radical (unpaired) electrons. The number of rotatable bonds is 3. The molecule has 1 amide bonds. The Morgan fingerprint density at radius 3 is 2.80 bits per heavy atom. The van der Waals surface area contributed by atoms with Crippen LogP contribution in [0.4, 0.5) is 0 Å². The Labute approximate surface area is 144 Å². The lowest BCUT2D eigenvalue weighted by atomic mass is 9.74. The van der Waals surface area contributed by atoms with Crippen molar-refractivity contribution in [2.45, 2.75) is 6.42 Å². The highest BCUT2D eigenvalue weighted by molar-refractivity contribution is 5.91. The molecular weight excluding hydrogens is 324 g/mol. The minimum Gasteiger partial charge on any atom is -0.481 e. The maximum atomic E-state index is 12.8. The number of ether oxygens (including phenoxy) is 1. The van der Waals surface area contributed by atoms with Crippen molar-refractivity contribution in [1.82, 2.24) is 19.7 Å². The van der Waals surface area contributed by atoms with Crippen molar-refractivity contribution in [2.75, 3.05) is 26.3 Å². The molecule has 130 valence electrons. The maximum Gasteiger partial charge on any atom is 0.311 e. The van der Waals surface area contributed by atoms with Crippen LogP contribution in [0, 0.1) is 11.3 Å². The number of hydrogen-bond donors (Lipinski definition) is 1. The smallest absolute Gasteiger partial charge is 0.311 e. The number of nitrogens with zero attached hydrogens (tertiary/aromatic N) is 4. The molecule has 3 heterocycles. The van der Waals surface area contributed by atoms with Crippen molar-refractivity contribution in [3.63, 3.8) is 0 Å². The molecule has 1 N–H and O–H groups in total. The van der Waals surface area contributed by atoms with E-state index in [0.29, 0.717) is 26.2 Å². The lowest BCUT2D eigenvalue weighted by Crippen LogP contribution is -2.45. The summed E-state index contributed by atoms with van der Waals surface area (Å²) in [4.78, 5) is 30.2. The van der Waals surface area contributed by atoms with Crippen LogP contribution in [0.5, 0.6) is 0 Å². The minimum atomic E-state index is -0.921. The van der Waals surface area contributed by atoms with Crippen molar-refractivity contribution in [2.24, 2.45) is 11.3 Å². The van der Waals surface area contributed by atoms with Crippen LogP contribution < -0.4 is 0 Å². The van der Waals surface area contributed by atoms with E-state index in [1.165, 1.54) is 15.9 Å². The van der Waals surface area contributed by atoms with Crippen LogP contribution in [0.25, 0.3) is 5.69 Å². The van der Waals surface area contributed by atoms with Gasteiger partial charge in [0, 0.05) is 25.6 Å². The minimum absolute atomic E-state index is 0.0731. The first-order chi connectivity index (χ1) is 12.1. The number of amides is 1. The molecule has 1 aromatic carbocycles. The van der Waals surface area contributed by atoms with E-state index in [1.54, 1.807) is 0 Å². The number of aliphatic carboxylic acids is 1. The third kappa shape index (κ3) is 2.58. The Bertz CT molecular complexity index is 806. The second kappa shape index (κ2) is 5.96. The summed E-state index contributed by atoms with van der Waals surface area (Å²) in [5.41, 5.74) is -0.116. The van der Waals surface area contributed by atoms with E-state index in [4.69, 9.17) is 4.74 Å². The van der Waals surface area contributed by atoms with Gasteiger partial charge < -0.3 is 14.7 Å². The van der Waals surface area contributed by atoms with E-state index < -0.39 is 11.4 Å². The molecule has 2 saturated heterocycles. The topological polar surface area (TPSA) is 97.5 Å². The van der Waals surface area contributed by atoms with Gasteiger partial charge in [-0.3, -0.25) is 9.59 Å². The van der Waals surface area contributed by atoms with Crippen LogP contribution in [0.15, 0.2) is 36.7 Å². The summed E-state index contributed by atoms with van der Waals surface area (Å²) in [6.45, 7) is 1.30. The van der Waals surface area contributed by atoms with Gasteiger partial charge in [0.2, 0.25) is 5.82 Å². The lowest BCUT2D eigenvalue weighted by Gasteiger charge is -2.33. The van der Waals surface area contributed by atoms with Gasteiger partial charge in [-0.25, -0.2) is 9.67 Å². The molecule has 2 fully saturated rings. The largest absolute Gasteiger partial charge is 0.481 e. The van der Waals surface area contributed by atoms with Gasteiger partial charge in [0.15, 0.2) is 0 Å². The average Bonchev–Trinajstić information content (AvgIpc) is 3.27. The molecule has 1 aromatic heterocycles. The van der Waals surface area contributed by atoms with Gasteiger partial charge in [0.25, 0.3) is 5.91 Å². The number of carbonyl (C=O) groups excluding carboxylic acids is 1. The van der Waals surface area contributed by atoms with Gasteiger partial charge in [-0.1, -0.05) is 18.2 Å². The normalized spacial score (nSPS) is 25.6. The Hall–Kier alpha value is -2.74. The van der Waals surface area contributed by atoms with Gasteiger partial charge in [0.1, 0.15) is 6.33 Å². The van der Waals surface area contributed by atoms with Gasteiger partial charge in [-0.15, -0.1) is 5.10 Å². The maximum absolute atomic E-state index is 12.8. The average molecular weight is 342 g/mol. The third-order valence-electron chi connectivity index (χ3n) is 5.12. The van der Waals surface area contributed by atoms with Crippen LogP contribution in [-0.4, -0.2) is 63.0 Å². The first kappa shape index (κ1) is 15.8. The molecule has 2 aliphatic rings. The van der Waals surface area contributed by atoms with Crippen LogP contribution in [0.1, 0.15) is 17.0 Å². The lowest BCUT2D eigenvalue weighted by molar-refractivity contribution is -0.157. The molecule has 2 aliphatic heterocycles. The highest BCUT2D eigenvalue weighted by Crippen LogP contribution is 2.42. The van der Waals surface area contributed by atoms with Crippen LogP contribution in [0.3, 0.4) is 0 Å². The van der Waals surface area contributed by atoms with Crippen LogP contribution in [0.2, 0.25) is 0 Å². The van der Waals surface area contributed by atoms with Crippen molar-refractivity contribution < 1.29 is 19.4 Å². The van der Waals surface area contributed by atoms with E-state index >= 15 is 0 Å². The zero-order valence-electron chi connectivity index (χ0n) is 13.5. The number of benzene rings is 1. The molecular formula is C17H18N4O4. The van der Waals surface area contributed by atoms with Crippen molar-refractivity contribution >= 4 is 11.9 Å². The standard InChI is InChI=1S/C17H18N4O4/c22-15(14-18-11-21(19-14)13-4-2-1-3-5-13)20-8-12-9-25-7-6-17(12,10-20)16(23)24/h1-5,11-12H,6-10H2,(H,23,24)/t12-,17+/m0/s1. The van der Waals surface area contributed by atoms with Crippen molar-refractivity contribution in [3.8, 4) is 5.69 Å². The summed E-state index contributed by atoms with van der Waals surface area (Å²) < 4.78 is 6.95. The number of hydrogen-bond acceptors (Lipinski definition) is 5. The van der Waals surface area contributed by atoms with E-state index in [2.05, 4.69) is 10.1 Å². The fourth-order valence-electron chi connectivity index (χ4n) is 3.66. The predicted molar refractivity (Wildman–Crippen MR) is 86.3 cm³/mol. The highest BCUT2D eigenvalue weighted by Gasteiger charge is 2.55. The van der Waals surface area contributed by atoms with E-state index in [0.717, 1.165) is 5.69 Å². The number of likely N-dealkylation sites (tertiary alicyclic amines) is 1. The zero-order valence-corrected chi connectivity index (χ0v) is 13.5. The SMILES string of the molecule is O=C(c1ncn(-c2ccccc2)n1)N1C[C@H]2COCC[C@@]2(C(=O)O)C1. The highest BCUT2D eigenvalue weighted by atomic mass is 16.5. The van der Waals surface area contributed by atoms with Gasteiger partial charge >= 0.3 is 5.97 Å². The number of carboxylic acids is 1. The first-order valence-electron chi connectivity index (χ1n) is 8.18. The summed E-state index contributed by atoms with van der Waals surface area (Å²) in [6.07, 6.45) is 1.91. The molecule has 4 rings (SSSR count). The number of fused-ring (bicyclic) bond motifs is 1. The summed E-state index contributed by atoms with van der Waals surface area (Å²) in [7, 11) is 0. The molecule has 25 heavy (non-hydrogen) atoms. The molecule has 0 aliphatic carbocycles. The summed E-state index contributed by atoms with van der Waals surface area (Å²) in [6, 6.07) is 9.38. The van der Waals surface area contributed by atoms with Gasteiger partial charge in [0.05, 0.1) is 17.7 Å². The Balaban J connectivity index is 1.56. The van der Waals surface area contributed by atoms with Crippen LogP contribution >= 0.6 is 0 Å². The Morgan fingerprint density at radius 1 is 1.28 bits per heavy atom. The van der Waals surface area contributed by atoms with E-state index in [1.807, 2.05) is 30.3 Å². The molecule has 0 saturated carbocycles. The van der Waals surface area contributed by atoms with E-state index in [9.17, 15) is 14.7 Å². The molecule has 0 spiro atoms. The Morgan fingerprint density at radius 2 is 2.08 bits per heavy atom. The summed E-state index contributed by atoms with van der Waals surface area (Å²) in [5.74, 6) is -1.33. The fourth-order valence-corrected chi connectivity index (χ4v) is 3.66. The number of carbonyl (C=O) groups is 2. The van der Waals surface area contributed by atoms with Crippen LogP contribution in [-0.2, 0) is 9.53 Å². The second-order valence-corrected chi connectivity index (χ2v) is 6.52. The van der Waals surface area contributed by atoms with Crippen molar-refractivity contribution in [3.05, 3.63) is 42.5 Å². The quantitative estimate of drug-likeness (QED) is 0.887. The number of carboxylic acid groups (broad SMARTS) is 1. The number of aromatic nitrogens is 3. The molecule has 2 aromatic rings. The Kier molecular flexibility index (Phi) is 3.76. The second-order valence-electron chi connectivity index (χ2n) is 6.52. The van der Waals surface area contributed by atoms with Gasteiger partial charge in [-0.2, -0.15) is 0 Å². The fraction of sp³-hybridized carbons (Fsp3) is 0.412. The van der Waals surface area contributed by atoms with Crippen molar-refractivity contribution in [1.29, 1.82) is 0 Å². The zero-order chi connectivity index (χ0) is 17.4. The summed E-state index contributed by atoms with van der Waals surface area (Å²) >= 11 is 0. The summed E-state index contributed by atoms with van der Waals surface area (Å²) in [5, 5.41) is 13.9. The predicted octanol–water partition coefficient (Wildman–Crippen LogP) is 0.831. The molecule has 0 bridgehead atoms. The molecule has 2 atom stereocenters. The third-order valence-corrected chi connectivity index (χ3v) is 5.12. The first-order valence-corrected chi connectivity index (χ1v) is 8.18. The van der Waals surface area contributed by atoms with E-state index in [-0.39, 0.29) is 24.2 Å².